The number of hydrogen-bond acceptors (Lipinski definition) is 8. The molecule has 3 atom stereocenters. The number of aromatic nitrogens is 1. The number of cyclic esters (lactones) is 1. The smallest absolute Gasteiger partial charge is 0.472 e. The lowest BCUT2D eigenvalue weighted by molar-refractivity contribution is -0.274. The lowest BCUT2D eigenvalue weighted by Crippen LogP contribution is -2.57. The van der Waals surface area contributed by atoms with E-state index < -0.39 is 53.7 Å². The highest BCUT2D eigenvalue weighted by Crippen LogP contribution is 2.37. The fraction of sp³-hybridized carbons (Fsp3) is 0.517. The summed E-state index contributed by atoms with van der Waals surface area (Å²) in [5, 5.41) is 3.04. The predicted molar refractivity (Wildman–Crippen MR) is 146 cm³/mol. The molecule has 0 aliphatic carbocycles. The number of nitrogens with one attached hydrogen (secondary N) is 1. The van der Waals surface area contributed by atoms with Gasteiger partial charge in [-0.15, -0.1) is 13.2 Å². The molecule has 3 heterocycles. The van der Waals surface area contributed by atoms with E-state index in [0.717, 1.165) is 0 Å². The molecule has 10 nitrogen and oxygen atoms in total. The highest BCUT2D eigenvalue weighted by Gasteiger charge is 2.46. The first-order chi connectivity index (χ1) is 19.8. The second-order valence-electron chi connectivity index (χ2n) is 11.1. The Morgan fingerprint density at radius 2 is 1.95 bits per heavy atom. The van der Waals surface area contributed by atoms with Crippen LogP contribution in [0.2, 0.25) is 0 Å². The number of esters is 1. The number of hydrogen-bond donors (Lipinski definition) is 1. The predicted octanol–water partition coefficient (Wildman–Crippen LogP) is 4.99. The van der Waals surface area contributed by atoms with E-state index in [9.17, 15) is 27.6 Å². The van der Waals surface area contributed by atoms with Gasteiger partial charge in [-0.2, -0.15) is 0 Å². The molecule has 4 rings (SSSR count). The van der Waals surface area contributed by atoms with Gasteiger partial charge in [-0.25, -0.2) is 14.6 Å². The molecular formula is C29H34F3N3O7. The van der Waals surface area contributed by atoms with Gasteiger partial charge in [0.15, 0.2) is 0 Å². The van der Waals surface area contributed by atoms with Crippen molar-refractivity contribution in [2.75, 3.05) is 19.8 Å². The Morgan fingerprint density at radius 1 is 1.19 bits per heavy atom. The number of pyridine rings is 1. The van der Waals surface area contributed by atoms with Crippen LogP contribution in [0.4, 0.5) is 18.0 Å². The quantitative estimate of drug-likeness (QED) is 0.495. The van der Waals surface area contributed by atoms with Crippen molar-refractivity contribution in [1.29, 1.82) is 0 Å². The highest BCUT2D eigenvalue weighted by atomic mass is 19.4. The summed E-state index contributed by atoms with van der Waals surface area (Å²) in [6.45, 7) is 7.02. The maximum Gasteiger partial charge on any atom is 0.573 e. The molecule has 1 saturated heterocycles. The number of fused-ring (bicyclic) bond motifs is 3. The Labute approximate surface area is 241 Å². The summed E-state index contributed by atoms with van der Waals surface area (Å²) in [5.41, 5.74) is -0.347. The third-order valence-electron chi connectivity index (χ3n) is 6.87. The molecule has 13 heteroatoms. The molecule has 2 aromatic rings. The van der Waals surface area contributed by atoms with Gasteiger partial charge in [0.1, 0.15) is 23.9 Å². The van der Waals surface area contributed by atoms with E-state index in [4.69, 9.17) is 14.2 Å². The summed E-state index contributed by atoms with van der Waals surface area (Å²) in [7, 11) is 0. The zero-order valence-corrected chi connectivity index (χ0v) is 23.8. The van der Waals surface area contributed by atoms with E-state index in [1.54, 1.807) is 45.9 Å². The maximum atomic E-state index is 13.9. The average molecular weight is 594 g/mol. The van der Waals surface area contributed by atoms with Crippen LogP contribution < -0.4 is 14.8 Å². The molecule has 42 heavy (non-hydrogen) atoms. The Bertz CT molecular complexity index is 1360. The third-order valence-corrected chi connectivity index (χ3v) is 6.87. The largest absolute Gasteiger partial charge is 0.573 e. The van der Waals surface area contributed by atoms with Crippen molar-refractivity contribution in [3.05, 3.63) is 36.0 Å². The molecule has 0 saturated carbocycles. The van der Waals surface area contributed by atoms with E-state index in [2.05, 4.69) is 15.0 Å². The fourth-order valence-corrected chi connectivity index (χ4v) is 4.95. The molecule has 2 amide bonds. The van der Waals surface area contributed by atoms with Crippen LogP contribution in [0.25, 0.3) is 16.8 Å². The van der Waals surface area contributed by atoms with Crippen LogP contribution in [0, 0.1) is 5.41 Å². The van der Waals surface area contributed by atoms with Crippen LogP contribution >= 0.6 is 0 Å². The van der Waals surface area contributed by atoms with E-state index in [1.165, 1.54) is 23.2 Å². The molecule has 1 aromatic carbocycles. The lowest BCUT2D eigenvalue weighted by atomic mass is 9.85. The van der Waals surface area contributed by atoms with Crippen molar-refractivity contribution in [1.82, 2.24) is 15.2 Å². The molecule has 0 spiro atoms. The van der Waals surface area contributed by atoms with Crippen LogP contribution in [0.15, 0.2) is 30.5 Å². The van der Waals surface area contributed by atoms with Crippen LogP contribution in [-0.4, -0.2) is 72.2 Å². The van der Waals surface area contributed by atoms with Gasteiger partial charge < -0.3 is 29.2 Å². The molecule has 0 unspecified atom stereocenters. The fourth-order valence-electron chi connectivity index (χ4n) is 4.95. The highest BCUT2D eigenvalue weighted by molar-refractivity contribution is 5.94. The second kappa shape index (κ2) is 12.5. The van der Waals surface area contributed by atoms with Crippen LogP contribution in [0.3, 0.4) is 0 Å². The lowest BCUT2D eigenvalue weighted by Gasteiger charge is -2.34. The summed E-state index contributed by atoms with van der Waals surface area (Å²) >= 11 is 0. The first-order valence-electron chi connectivity index (χ1n) is 13.7. The molecule has 4 bridgehead atoms. The summed E-state index contributed by atoms with van der Waals surface area (Å²) in [5.74, 6) is -1.58. The van der Waals surface area contributed by atoms with E-state index >= 15 is 0 Å². The number of benzene rings is 1. The number of carbonyl (C=O) groups is 3. The van der Waals surface area contributed by atoms with Gasteiger partial charge in [-0.3, -0.25) is 4.79 Å². The number of rotatable bonds is 3. The molecule has 2 aliphatic rings. The standard InChI is InChI=1S/C29H34F3N3O7/c1-5-39-26(37)21-15-18-16-35(21)25(36)23(28(2,3)4)34-27(38)40-12-8-6-7-9-17-13-20-19(10-11-33-24(20)41-18)22(14-17)42-29(30,31)32/h7,9-11,13-14,18,21,23H,5-6,8,12,15-16H2,1-4H3,(H,34,38)/b9-7-/t18-,21+,23-/m1/s1. The van der Waals surface area contributed by atoms with Crippen LogP contribution in [-0.2, 0) is 19.1 Å². The number of amides is 2. The number of alkyl carbamates (subject to hydrolysis) is 1. The number of ether oxygens (including phenoxy) is 4. The molecule has 228 valence electrons. The number of halogens is 3. The van der Waals surface area contributed by atoms with Crippen LogP contribution in [0.5, 0.6) is 11.6 Å². The maximum absolute atomic E-state index is 13.9. The third kappa shape index (κ3) is 7.42. The minimum Gasteiger partial charge on any atom is -0.472 e. The molecule has 0 radical (unpaired) electrons. The van der Waals surface area contributed by atoms with Gasteiger partial charge in [0, 0.05) is 23.4 Å². The number of carbonyl (C=O) groups excluding carboxylic acids is 3. The number of alkyl halides is 3. The Morgan fingerprint density at radius 3 is 2.64 bits per heavy atom. The zero-order chi connectivity index (χ0) is 30.7. The first kappa shape index (κ1) is 30.9. The minimum absolute atomic E-state index is 0.0203. The first-order valence-corrected chi connectivity index (χ1v) is 13.7. The molecule has 2 aliphatic heterocycles. The Hall–Kier alpha value is -4.03. The van der Waals surface area contributed by atoms with Gasteiger partial charge in [-0.1, -0.05) is 32.9 Å². The van der Waals surface area contributed by atoms with E-state index in [1.807, 2.05) is 0 Å². The Kier molecular flexibility index (Phi) is 9.17. The van der Waals surface area contributed by atoms with Gasteiger partial charge in [-0.05, 0) is 48.9 Å². The topological polar surface area (TPSA) is 116 Å². The zero-order valence-electron chi connectivity index (χ0n) is 23.8. The normalized spacial score (nSPS) is 22.9. The van der Waals surface area contributed by atoms with Crippen molar-refractivity contribution < 1.29 is 46.5 Å². The number of allylic oxidation sites excluding steroid dienone is 1. The summed E-state index contributed by atoms with van der Waals surface area (Å²) in [4.78, 5) is 45.0. The number of nitrogens with zero attached hydrogens (tertiary/aromatic N) is 2. The molecular weight excluding hydrogens is 559 g/mol. The SMILES string of the molecule is CCOC(=O)[C@@H]1C[C@@H]2CN1C(=O)[C@H](C(C)(C)C)NC(=O)OCCC/C=C\c1cc(OC(F)(F)F)c3ccnc(c3c1)O2. The van der Waals surface area contributed by atoms with Gasteiger partial charge in [0.25, 0.3) is 0 Å². The summed E-state index contributed by atoms with van der Waals surface area (Å²) < 4.78 is 60.9. The van der Waals surface area contributed by atoms with E-state index in [0.29, 0.717) is 18.4 Å². The van der Waals surface area contributed by atoms with Crippen molar-refractivity contribution in [2.24, 2.45) is 5.41 Å². The monoisotopic (exact) mass is 593 g/mol. The van der Waals surface area contributed by atoms with Crippen LogP contribution in [0.1, 0.15) is 52.5 Å². The average Bonchev–Trinajstić information content (AvgIpc) is 3.31. The van der Waals surface area contributed by atoms with Gasteiger partial charge in [0.05, 0.1) is 19.8 Å². The molecule has 1 fully saturated rings. The minimum atomic E-state index is -4.94. The van der Waals surface area contributed by atoms with Crippen molar-refractivity contribution in [2.45, 2.75) is 71.5 Å². The molecule has 1 N–H and O–H groups in total. The van der Waals surface area contributed by atoms with Crippen molar-refractivity contribution in [3.8, 4) is 11.6 Å². The van der Waals surface area contributed by atoms with Gasteiger partial charge in [0.2, 0.25) is 11.8 Å². The Balaban J connectivity index is 1.79. The second-order valence-corrected chi connectivity index (χ2v) is 11.1. The summed E-state index contributed by atoms with van der Waals surface area (Å²) in [6, 6.07) is 2.21. The van der Waals surface area contributed by atoms with E-state index in [-0.39, 0.29) is 42.8 Å². The van der Waals surface area contributed by atoms with Crippen molar-refractivity contribution in [3.63, 3.8) is 0 Å². The summed E-state index contributed by atoms with van der Waals surface area (Å²) in [6.07, 6.45) is -0.907. The molecule has 1 aromatic heterocycles. The van der Waals surface area contributed by atoms with Crippen molar-refractivity contribution >= 4 is 34.8 Å². The van der Waals surface area contributed by atoms with Gasteiger partial charge >= 0.3 is 18.4 Å².